The first kappa shape index (κ1) is 10.5. The lowest BCUT2D eigenvalue weighted by Crippen LogP contribution is -1.82. The molecule has 84 valence electrons. The van der Waals surface area contributed by atoms with Crippen LogP contribution in [0.4, 0.5) is 0 Å². The van der Waals surface area contributed by atoms with Crippen molar-refractivity contribution in [3.05, 3.63) is 47.5 Å². The van der Waals surface area contributed by atoms with E-state index >= 15 is 0 Å². The van der Waals surface area contributed by atoms with Crippen molar-refractivity contribution in [2.24, 2.45) is 0 Å². The van der Waals surface area contributed by atoms with Gasteiger partial charge in [0.15, 0.2) is 5.58 Å². The largest absolute Gasteiger partial charge is 0.597 e. The topological polar surface area (TPSA) is 30.2 Å². The van der Waals surface area contributed by atoms with E-state index in [1.54, 1.807) is 0 Å². The number of hydrogen-bond acceptors (Lipinski definition) is 2. The molecule has 1 atom stereocenters. The zero-order valence-electron chi connectivity index (χ0n) is 9.73. The first-order chi connectivity index (χ1) is 8.16. The lowest BCUT2D eigenvalue weighted by molar-refractivity contribution is 0.563. The van der Waals surface area contributed by atoms with Crippen molar-refractivity contribution >= 4 is 29.1 Å². The molecule has 1 unspecified atom stereocenters. The van der Waals surface area contributed by atoms with Crippen LogP contribution in [0.15, 0.2) is 40.6 Å². The van der Waals surface area contributed by atoms with Crippen LogP contribution in [0.5, 0.6) is 0 Å². The molecule has 2 aromatic carbocycles. The Hall–Kier alpha value is -1.66. The van der Waals surface area contributed by atoms with E-state index in [-0.39, 0.29) is 0 Å². The van der Waals surface area contributed by atoms with Gasteiger partial charge in [-0.15, -0.1) is 0 Å². The number of benzene rings is 2. The van der Waals surface area contributed by atoms with Gasteiger partial charge in [0.05, 0.1) is 0 Å². The second-order valence-corrected chi connectivity index (χ2v) is 5.50. The fourth-order valence-electron chi connectivity index (χ4n) is 2.27. The van der Waals surface area contributed by atoms with Crippen molar-refractivity contribution in [2.45, 2.75) is 13.8 Å². The van der Waals surface area contributed by atoms with Crippen molar-refractivity contribution in [3.63, 3.8) is 0 Å². The standard InChI is InChI=1S/C14H12O2P/c1-9-7-10(2)14-12(8-9)11-5-3-4-6-13(11)17(15)16-14/h3-8H,1-2H3/q+1. The van der Waals surface area contributed by atoms with Crippen LogP contribution >= 0.6 is 7.65 Å². The second-order valence-electron chi connectivity index (χ2n) is 4.32. The smallest absolute Gasteiger partial charge is 0.249 e. The van der Waals surface area contributed by atoms with Crippen molar-refractivity contribution in [3.8, 4) is 0 Å². The molecule has 0 aliphatic heterocycles. The molecule has 0 spiro atoms. The van der Waals surface area contributed by atoms with Gasteiger partial charge in [0.25, 0.3) is 0 Å². The predicted molar refractivity (Wildman–Crippen MR) is 70.8 cm³/mol. The Morgan fingerprint density at radius 2 is 1.82 bits per heavy atom. The summed E-state index contributed by atoms with van der Waals surface area (Å²) in [4.78, 5) is 0. The Kier molecular flexibility index (Phi) is 2.27. The van der Waals surface area contributed by atoms with Crippen molar-refractivity contribution in [2.75, 3.05) is 0 Å². The van der Waals surface area contributed by atoms with E-state index in [1.165, 1.54) is 5.56 Å². The van der Waals surface area contributed by atoms with Gasteiger partial charge in [0.2, 0.25) is 5.12 Å². The minimum atomic E-state index is -1.77. The van der Waals surface area contributed by atoms with E-state index < -0.39 is 7.65 Å². The third-order valence-electron chi connectivity index (χ3n) is 2.98. The molecule has 0 N–H and O–H groups in total. The highest BCUT2D eigenvalue weighted by Gasteiger charge is 2.17. The molecule has 0 radical (unpaired) electrons. The maximum Gasteiger partial charge on any atom is 0.597 e. The molecule has 2 nitrogen and oxygen atoms in total. The summed E-state index contributed by atoms with van der Waals surface area (Å²) in [5, 5.41) is 2.87. The lowest BCUT2D eigenvalue weighted by atomic mass is 10.1. The van der Waals surface area contributed by atoms with Gasteiger partial charge >= 0.3 is 7.65 Å². The number of rotatable bonds is 0. The average molecular weight is 243 g/mol. The molecule has 17 heavy (non-hydrogen) atoms. The quantitative estimate of drug-likeness (QED) is 0.523. The molecule has 0 saturated heterocycles. The Morgan fingerprint density at radius 1 is 1.06 bits per heavy atom. The first-order valence-corrected chi connectivity index (χ1v) is 6.70. The van der Waals surface area contributed by atoms with Gasteiger partial charge < -0.3 is 0 Å². The average Bonchev–Trinajstić information content (AvgIpc) is 2.31. The minimum absolute atomic E-state index is 0.760. The first-order valence-electron chi connectivity index (χ1n) is 5.52. The summed E-state index contributed by atoms with van der Waals surface area (Å²) in [5.74, 6) is 0. The van der Waals surface area contributed by atoms with E-state index in [0.717, 1.165) is 27.0 Å². The summed E-state index contributed by atoms with van der Waals surface area (Å²) < 4.78 is 17.6. The van der Waals surface area contributed by atoms with Crippen LogP contribution in [0.1, 0.15) is 11.1 Å². The highest BCUT2D eigenvalue weighted by molar-refractivity contribution is 7.37. The van der Waals surface area contributed by atoms with Gasteiger partial charge in [0, 0.05) is 10.8 Å². The van der Waals surface area contributed by atoms with E-state index in [9.17, 15) is 4.57 Å². The molecule has 0 saturated carbocycles. The lowest BCUT2D eigenvalue weighted by Gasteiger charge is -2.01. The van der Waals surface area contributed by atoms with E-state index in [1.807, 2.05) is 31.2 Å². The minimum Gasteiger partial charge on any atom is -0.249 e. The van der Waals surface area contributed by atoms with Gasteiger partial charge in [-0.2, -0.15) is 0 Å². The van der Waals surface area contributed by atoms with Crippen molar-refractivity contribution in [1.82, 2.24) is 0 Å². The van der Waals surface area contributed by atoms with Gasteiger partial charge in [-0.1, -0.05) is 18.2 Å². The van der Waals surface area contributed by atoms with Gasteiger partial charge in [0.1, 0.15) is 0 Å². The van der Waals surface area contributed by atoms with Gasteiger partial charge in [-0.3, -0.25) is 0 Å². The Bertz CT molecular complexity index is 787. The van der Waals surface area contributed by atoms with E-state index in [0.29, 0.717) is 0 Å². The third kappa shape index (κ3) is 1.57. The maximum absolute atomic E-state index is 12.0. The van der Waals surface area contributed by atoms with Gasteiger partial charge in [-0.25, -0.2) is 4.20 Å². The molecule has 0 bridgehead atoms. The van der Waals surface area contributed by atoms with Crippen LogP contribution in [-0.2, 0) is 4.57 Å². The van der Waals surface area contributed by atoms with Crippen LogP contribution in [-0.4, -0.2) is 0 Å². The normalized spacial score (nSPS) is 12.2. The molecule has 3 heteroatoms. The summed E-state index contributed by atoms with van der Waals surface area (Å²) in [7, 11) is -1.77. The van der Waals surface area contributed by atoms with E-state index in [2.05, 4.69) is 19.1 Å². The summed E-state index contributed by atoms with van der Waals surface area (Å²) in [6, 6.07) is 11.9. The summed E-state index contributed by atoms with van der Waals surface area (Å²) in [5.41, 5.74) is 2.99. The second kappa shape index (κ2) is 3.68. The van der Waals surface area contributed by atoms with E-state index in [4.69, 9.17) is 4.20 Å². The van der Waals surface area contributed by atoms with Crippen LogP contribution in [0.25, 0.3) is 21.5 Å². The van der Waals surface area contributed by atoms with Crippen molar-refractivity contribution < 1.29 is 8.76 Å². The predicted octanol–water partition coefficient (Wildman–Crippen LogP) is 4.95. The maximum atomic E-state index is 12.0. The zero-order valence-corrected chi connectivity index (χ0v) is 10.6. The number of hydrogen-bond donors (Lipinski definition) is 0. The summed E-state index contributed by atoms with van der Waals surface area (Å²) in [6.07, 6.45) is 0. The fourth-order valence-corrected chi connectivity index (χ4v) is 3.37. The molecule has 3 aromatic rings. The number of fused-ring (bicyclic) bond motifs is 3. The Labute approximate surface area is 99.7 Å². The molecular formula is C14H12O2P+. The molecule has 1 heterocycles. The van der Waals surface area contributed by atoms with Crippen LogP contribution in [0.3, 0.4) is 0 Å². The van der Waals surface area contributed by atoms with Crippen LogP contribution in [0.2, 0.25) is 0 Å². The SMILES string of the molecule is Cc1cc(C)c2o[p+](=O)c3ccccc3c2c1. The van der Waals surface area contributed by atoms with Crippen molar-refractivity contribution in [1.29, 1.82) is 0 Å². The monoisotopic (exact) mass is 243 g/mol. The molecule has 1 aromatic heterocycles. The molecule has 3 rings (SSSR count). The molecule has 0 fully saturated rings. The highest BCUT2D eigenvalue weighted by Crippen LogP contribution is 2.36. The molecular weight excluding hydrogens is 231 g/mol. The highest BCUT2D eigenvalue weighted by atomic mass is 31.1. The molecule has 0 aliphatic carbocycles. The summed E-state index contributed by atoms with van der Waals surface area (Å²) in [6.45, 7) is 4.05. The van der Waals surface area contributed by atoms with Crippen LogP contribution in [0, 0.1) is 13.8 Å². The molecule has 0 amide bonds. The third-order valence-corrected chi connectivity index (χ3v) is 4.12. The number of aryl methyl sites for hydroxylation is 2. The Balaban J connectivity index is 2.68. The Morgan fingerprint density at radius 3 is 2.65 bits per heavy atom. The summed E-state index contributed by atoms with van der Waals surface area (Å²) >= 11 is 0. The van der Waals surface area contributed by atoms with Gasteiger partial charge in [-0.05, 0) is 47.7 Å². The van der Waals surface area contributed by atoms with Crippen LogP contribution < -0.4 is 0 Å². The fraction of sp³-hybridized carbons (Fsp3) is 0.143. The molecule has 0 aliphatic rings. The zero-order chi connectivity index (χ0) is 12.0.